The topological polar surface area (TPSA) is 49.4 Å². The first kappa shape index (κ1) is 19.6. The largest absolute Gasteiger partial charge is 0.352 e. The summed E-state index contributed by atoms with van der Waals surface area (Å²) < 4.78 is 0. The van der Waals surface area contributed by atoms with Crippen LogP contribution in [0.4, 0.5) is 5.69 Å². The van der Waals surface area contributed by atoms with Gasteiger partial charge in [0.2, 0.25) is 5.91 Å². The second-order valence-electron chi connectivity index (χ2n) is 7.42. The normalized spacial score (nSPS) is 14.8. The third kappa shape index (κ3) is 4.78. The lowest BCUT2D eigenvalue weighted by Crippen LogP contribution is -2.45. The highest BCUT2D eigenvalue weighted by Gasteiger charge is 2.25. The molecule has 2 aromatic rings. The number of benzene rings is 1. The van der Waals surface area contributed by atoms with Crippen molar-refractivity contribution in [3.63, 3.8) is 0 Å². The van der Waals surface area contributed by atoms with Crippen LogP contribution in [0.1, 0.15) is 57.8 Å². The number of nitrogens with zero attached hydrogens (tertiary/aromatic N) is 1. The van der Waals surface area contributed by atoms with Crippen molar-refractivity contribution in [3.8, 4) is 0 Å². The third-order valence-corrected chi connectivity index (χ3v) is 6.32. The molecule has 144 valence electrons. The standard InChI is InChI=1S/C22H28N2O2S/c1-15-8-7-11-19(17(15)3)24(22(26)20-13-12-16(2)27-20)14-21(25)23-18-9-5-4-6-10-18/h7-8,11-13,18H,4-6,9-10,14H2,1-3H3,(H,23,25). The van der Waals surface area contributed by atoms with E-state index < -0.39 is 0 Å². The molecule has 1 saturated carbocycles. The molecular weight excluding hydrogens is 356 g/mol. The maximum absolute atomic E-state index is 13.2. The van der Waals surface area contributed by atoms with E-state index in [9.17, 15) is 9.59 Å². The molecule has 4 nitrogen and oxygen atoms in total. The summed E-state index contributed by atoms with van der Waals surface area (Å²) in [5, 5.41) is 3.14. The Morgan fingerprint density at radius 3 is 2.48 bits per heavy atom. The quantitative estimate of drug-likeness (QED) is 0.807. The van der Waals surface area contributed by atoms with Gasteiger partial charge >= 0.3 is 0 Å². The Bertz CT molecular complexity index is 821. The van der Waals surface area contributed by atoms with E-state index in [-0.39, 0.29) is 24.4 Å². The predicted octanol–water partition coefficient (Wildman–Crippen LogP) is 4.77. The lowest BCUT2D eigenvalue weighted by molar-refractivity contribution is -0.120. The molecule has 3 rings (SSSR count). The van der Waals surface area contributed by atoms with Gasteiger partial charge in [-0.3, -0.25) is 14.5 Å². The summed E-state index contributed by atoms with van der Waals surface area (Å²) in [6.45, 7) is 6.07. The Morgan fingerprint density at radius 2 is 1.81 bits per heavy atom. The molecule has 0 bridgehead atoms. The van der Waals surface area contributed by atoms with Crippen molar-refractivity contribution < 1.29 is 9.59 Å². The van der Waals surface area contributed by atoms with Gasteiger partial charge in [0.25, 0.3) is 5.91 Å². The van der Waals surface area contributed by atoms with E-state index in [0.29, 0.717) is 4.88 Å². The summed E-state index contributed by atoms with van der Waals surface area (Å²) in [6, 6.07) is 9.93. The fourth-order valence-corrected chi connectivity index (χ4v) is 4.46. The zero-order valence-electron chi connectivity index (χ0n) is 16.4. The molecule has 0 spiro atoms. The Morgan fingerprint density at radius 1 is 1.07 bits per heavy atom. The van der Waals surface area contributed by atoms with Gasteiger partial charge in [0.1, 0.15) is 6.54 Å². The first-order valence-electron chi connectivity index (χ1n) is 9.69. The number of nitrogens with one attached hydrogen (secondary N) is 1. The molecular formula is C22H28N2O2S. The van der Waals surface area contributed by atoms with Crippen molar-refractivity contribution >= 4 is 28.8 Å². The van der Waals surface area contributed by atoms with E-state index >= 15 is 0 Å². The maximum atomic E-state index is 13.2. The number of aryl methyl sites for hydroxylation is 2. The first-order valence-corrected chi connectivity index (χ1v) is 10.5. The van der Waals surface area contributed by atoms with Crippen LogP contribution in [0, 0.1) is 20.8 Å². The average molecular weight is 385 g/mol. The van der Waals surface area contributed by atoms with Gasteiger partial charge < -0.3 is 5.32 Å². The minimum Gasteiger partial charge on any atom is -0.352 e. The van der Waals surface area contributed by atoms with Crippen LogP contribution in [0.5, 0.6) is 0 Å². The smallest absolute Gasteiger partial charge is 0.268 e. The van der Waals surface area contributed by atoms with Crippen molar-refractivity contribution in [1.29, 1.82) is 0 Å². The van der Waals surface area contributed by atoms with Crippen LogP contribution in [-0.4, -0.2) is 24.4 Å². The predicted molar refractivity (Wildman–Crippen MR) is 112 cm³/mol. The first-order chi connectivity index (χ1) is 13.0. The van der Waals surface area contributed by atoms with Gasteiger partial charge in [-0.25, -0.2) is 0 Å². The summed E-state index contributed by atoms with van der Waals surface area (Å²) >= 11 is 1.47. The second-order valence-corrected chi connectivity index (χ2v) is 8.71. The molecule has 2 amide bonds. The van der Waals surface area contributed by atoms with Crippen molar-refractivity contribution in [2.24, 2.45) is 0 Å². The fraction of sp³-hybridized carbons (Fsp3) is 0.455. The Balaban J connectivity index is 1.84. The molecule has 0 unspecified atom stereocenters. The number of carbonyl (C=O) groups excluding carboxylic acids is 2. The zero-order valence-corrected chi connectivity index (χ0v) is 17.2. The molecule has 1 aliphatic carbocycles. The minimum absolute atomic E-state index is 0.0522. The fourth-order valence-electron chi connectivity index (χ4n) is 3.64. The van der Waals surface area contributed by atoms with Crippen LogP contribution in [-0.2, 0) is 4.79 Å². The molecule has 0 radical (unpaired) electrons. The van der Waals surface area contributed by atoms with Crippen LogP contribution < -0.4 is 10.2 Å². The number of rotatable bonds is 5. The number of hydrogen-bond acceptors (Lipinski definition) is 3. The monoisotopic (exact) mass is 384 g/mol. The van der Waals surface area contributed by atoms with Crippen LogP contribution in [0.25, 0.3) is 0 Å². The molecule has 0 aliphatic heterocycles. The SMILES string of the molecule is Cc1ccc(C(=O)N(CC(=O)NC2CCCCC2)c2cccc(C)c2C)s1. The molecule has 1 aliphatic rings. The number of hydrogen-bond donors (Lipinski definition) is 1. The minimum atomic E-state index is -0.111. The second kappa shape index (κ2) is 8.70. The summed E-state index contributed by atoms with van der Waals surface area (Å²) in [5.74, 6) is -0.190. The number of thiophene rings is 1. The Labute approximate surface area is 165 Å². The van der Waals surface area contributed by atoms with Crippen LogP contribution in [0.15, 0.2) is 30.3 Å². The lowest BCUT2D eigenvalue weighted by Gasteiger charge is -2.27. The molecule has 1 fully saturated rings. The Hall–Kier alpha value is -2.14. The van der Waals surface area contributed by atoms with E-state index in [1.54, 1.807) is 4.90 Å². The molecule has 1 aromatic heterocycles. The van der Waals surface area contributed by atoms with Gasteiger partial charge in [0, 0.05) is 16.6 Å². The van der Waals surface area contributed by atoms with Crippen molar-refractivity contribution in [2.45, 2.75) is 58.9 Å². The highest BCUT2D eigenvalue weighted by atomic mass is 32.1. The molecule has 0 saturated heterocycles. The van der Waals surface area contributed by atoms with E-state index in [0.717, 1.165) is 34.5 Å². The number of amides is 2. The van der Waals surface area contributed by atoms with Gasteiger partial charge in [-0.05, 0) is 62.9 Å². The number of anilines is 1. The van der Waals surface area contributed by atoms with Gasteiger partial charge in [-0.1, -0.05) is 31.4 Å². The summed E-state index contributed by atoms with van der Waals surface area (Å²) in [6.07, 6.45) is 5.65. The summed E-state index contributed by atoms with van der Waals surface area (Å²) in [7, 11) is 0. The van der Waals surface area contributed by atoms with E-state index in [1.807, 2.05) is 51.1 Å². The van der Waals surface area contributed by atoms with Crippen LogP contribution in [0.3, 0.4) is 0 Å². The van der Waals surface area contributed by atoms with Gasteiger partial charge in [0.15, 0.2) is 0 Å². The van der Waals surface area contributed by atoms with Gasteiger partial charge in [-0.2, -0.15) is 0 Å². The van der Waals surface area contributed by atoms with Crippen molar-refractivity contribution in [3.05, 3.63) is 51.2 Å². The van der Waals surface area contributed by atoms with E-state index in [4.69, 9.17) is 0 Å². The van der Waals surface area contributed by atoms with Crippen LogP contribution >= 0.6 is 11.3 Å². The Kier molecular flexibility index (Phi) is 6.32. The number of carbonyl (C=O) groups is 2. The summed E-state index contributed by atoms with van der Waals surface area (Å²) in [5.41, 5.74) is 2.95. The molecule has 1 aromatic carbocycles. The van der Waals surface area contributed by atoms with E-state index in [2.05, 4.69) is 5.32 Å². The summed E-state index contributed by atoms with van der Waals surface area (Å²) in [4.78, 5) is 29.3. The van der Waals surface area contributed by atoms with Crippen molar-refractivity contribution in [1.82, 2.24) is 5.32 Å². The highest BCUT2D eigenvalue weighted by Crippen LogP contribution is 2.26. The van der Waals surface area contributed by atoms with Crippen molar-refractivity contribution in [2.75, 3.05) is 11.4 Å². The maximum Gasteiger partial charge on any atom is 0.268 e. The molecule has 5 heteroatoms. The average Bonchev–Trinajstić information content (AvgIpc) is 3.09. The molecule has 0 atom stereocenters. The van der Waals surface area contributed by atoms with Gasteiger partial charge in [-0.15, -0.1) is 11.3 Å². The van der Waals surface area contributed by atoms with Gasteiger partial charge in [0.05, 0.1) is 4.88 Å². The molecule has 27 heavy (non-hydrogen) atoms. The lowest BCUT2D eigenvalue weighted by atomic mass is 9.95. The van der Waals surface area contributed by atoms with Crippen LogP contribution in [0.2, 0.25) is 0 Å². The van der Waals surface area contributed by atoms with E-state index in [1.165, 1.54) is 30.6 Å². The zero-order chi connectivity index (χ0) is 19.4. The molecule has 1 N–H and O–H groups in total. The molecule has 1 heterocycles. The third-order valence-electron chi connectivity index (χ3n) is 5.34. The highest BCUT2D eigenvalue weighted by molar-refractivity contribution is 7.14.